The van der Waals surface area contributed by atoms with Crippen molar-refractivity contribution in [2.75, 3.05) is 14.1 Å². The molecule has 0 amide bonds. The highest BCUT2D eigenvalue weighted by Crippen LogP contribution is 2.16. The first-order valence-electron chi connectivity index (χ1n) is 7.07. The van der Waals surface area contributed by atoms with Crippen molar-refractivity contribution in [3.05, 3.63) is 49.9 Å². The predicted molar refractivity (Wildman–Crippen MR) is 97.4 cm³/mol. The third kappa shape index (κ3) is 4.55. The van der Waals surface area contributed by atoms with Gasteiger partial charge in [-0.2, -0.15) is 0 Å². The lowest BCUT2D eigenvalue weighted by atomic mass is 10.1. The van der Waals surface area contributed by atoms with Crippen molar-refractivity contribution in [3.8, 4) is 0 Å². The highest BCUT2D eigenvalue weighted by Gasteiger charge is 2.09. The topological polar surface area (TPSA) is 40.5 Å². The standard InChI is InChI=1S/C16H21BrN4S/c1-11-7-14(17)6-5-13(11)8-19-16(18-3)21(4)9-15-10-22-12(2)20-15/h5-7,10H,8-9H2,1-4H3,(H,18,19). The molecule has 0 spiro atoms. The average Bonchev–Trinajstić information content (AvgIpc) is 2.86. The van der Waals surface area contributed by atoms with Gasteiger partial charge in [0.2, 0.25) is 0 Å². The summed E-state index contributed by atoms with van der Waals surface area (Å²) in [6, 6.07) is 6.32. The highest BCUT2D eigenvalue weighted by atomic mass is 79.9. The van der Waals surface area contributed by atoms with Crippen LogP contribution in [0.3, 0.4) is 0 Å². The Morgan fingerprint density at radius 3 is 2.77 bits per heavy atom. The van der Waals surface area contributed by atoms with Crippen LogP contribution < -0.4 is 5.32 Å². The first-order chi connectivity index (χ1) is 10.5. The quantitative estimate of drug-likeness (QED) is 0.648. The summed E-state index contributed by atoms with van der Waals surface area (Å²) in [6.07, 6.45) is 0. The van der Waals surface area contributed by atoms with Crippen LogP contribution in [-0.4, -0.2) is 29.9 Å². The molecule has 0 atom stereocenters. The molecule has 22 heavy (non-hydrogen) atoms. The largest absolute Gasteiger partial charge is 0.352 e. The van der Waals surface area contributed by atoms with Crippen molar-refractivity contribution in [2.24, 2.45) is 4.99 Å². The molecule has 0 radical (unpaired) electrons. The van der Waals surface area contributed by atoms with Crippen LogP contribution in [0.2, 0.25) is 0 Å². The number of guanidine groups is 1. The lowest BCUT2D eigenvalue weighted by molar-refractivity contribution is 0.470. The monoisotopic (exact) mass is 380 g/mol. The molecule has 0 fully saturated rings. The Bertz CT molecular complexity index is 666. The van der Waals surface area contributed by atoms with Gasteiger partial charge >= 0.3 is 0 Å². The Morgan fingerprint density at radius 2 is 2.18 bits per heavy atom. The van der Waals surface area contributed by atoms with E-state index in [0.717, 1.165) is 34.2 Å². The van der Waals surface area contributed by atoms with Crippen LogP contribution in [0.5, 0.6) is 0 Å². The molecule has 0 unspecified atom stereocenters. The summed E-state index contributed by atoms with van der Waals surface area (Å²) in [5.74, 6) is 0.868. The number of thiazole rings is 1. The molecule has 0 aliphatic carbocycles. The Morgan fingerprint density at radius 1 is 1.41 bits per heavy atom. The van der Waals surface area contributed by atoms with Crippen molar-refractivity contribution in [3.63, 3.8) is 0 Å². The molecule has 0 saturated carbocycles. The normalized spacial score (nSPS) is 11.6. The molecule has 0 bridgehead atoms. The number of aromatic nitrogens is 1. The van der Waals surface area contributed by atoms with Crippen LogP contribution in [0, 0.1) is 13.8 Å². The van der Waals surface area contributed by atoms with Gasteiger partial charge in [-0.3, -0.25) is 4.99 Å². The van der Waals surface area contributed by atoms with E-state index in [4.69, 9.17) is 0 Å². The summed E-state index contributed by atoms with van der Waals surface area (Å²) >= 11 is 5.17. The van der Waals surface area contributed by atoms with Gasteiger partial charge in [-0.25, -0.2) is 4.98 Å². The summed E-state index contributed by atoms with van der Waals surface area (Å²) < 4.78 is 1.11. The fraction of sp³-hybridized carbons (Fsp3) is 0.375. The van der Waals surface area contributed by atoms with Gasteiger partial charge in [0.05, 0.1) is 17.2 Å². The molecule has 1 aromatic heterocycles. The molecule has 1 heterocycles. The van der Waals surface area contributed by atoms with Gasteiger partial charge in [-0.05, 0) is 37.1 Å². The van der Waals surface area contributed by atoms with E-state index in [1.165, 1.54) is 11.1 Å². The maximum Gasteiger partial charge on any atom is 0.194 e. The van der Waals surface area contributed by atoms with Crippen LogP contribution in [0.1, 0.15) is 21.8 Å². The zero-order chi connectivity index (χ0) is 16.1. The second kappa shape index (κ2) is 7.74. The minimum absolute atomic E-state index is 0.753. The van der Waals surface area contributed by atoms with Crippen LogP contribution in [-0.2, 0) is 13.1 Å². The average molecular weight is 381 g/mol. The molecule has 1 N–H and O–H groups in total. The smallest absolute Gasteiger partial charge is 0.194 e. The summed E-state index contributed by atoms with van der Waals surface area (Å²) in [7, 11) is 3.83. The summed E-state index contributed by atoms with van der Waals surface area (Å²) in [5.41, 5.74) is 3.60. The number of rotatable bonds is 4. The van der Waals surface area contributed by atoms with Crippen molar-refractivity contribution in [1.29, 1.82) is 0 Å². The second-order valence-corrected chi connectivity index (χ2v) is 7.16. The first-order valence-corrected chi connectivity index (χ1v) is 8.74. The van der Waals surface area contributed by atoms with E-state index in [1.54, 1.807) is 18.4 Å². The number of hydrogen-bond donors (Lipinski definition) is 1. The van der Waals surface area contributed by atoms with Gasteiger partial charge < -0.3 is 10.2 Å². The molecule has 2 rings (SSSR count). The van der Waals surface area contributed by atoms with E-state index in [1.807, 2.05) is 14.0 Å². The number of hydrogen-bond acceptors (Lipinski definition) is 3. The SMILES string of the molecule is CN=C(NCc1ccc(Br)cc1C)N(C)Cc1csc(C)n1. The number of nitrogens with zero attached hydrogens (tertiary/aromatic N) is 3. The van der Waals surface area contributed by atoms with Gasteiger partial charge in [0.25, 0.3) is 0 Å². The number of halogens is 1. The highest BCUT2D eigenvalue weighted by molar-refractivity contribution is 9.10. The number of aryl methyl sites for hydroxylation is 2. The van der Waals surface area contributed by atoms with Gasteiger partial charge in [0.1, 0.15) is 0 Å². The summed E-state index contributed by atoms with van der Waals surface area (Å²) in [6.45, 7) is 5.65. The molecular weight excluding hydrogens is 360 g/mol. The molecule has 1 aromatic carbocycles. The van der Waals surface area contributed by atoms with Crippen LogP contribution in [0.25, 0.3) is 0 Å². The Labute approximate surface area is 144 Å². The molecule has 0 aliphatic rings. The number of nitrogens with one attached hydrogen (secondary N) is 1. The van der Waals surface area contributed by atoms with Crippen LogP contribution >= 0.6 is 27.3 Å². The fourth-order valence-corrected chi connectivity index (χ4v) is 3.29. The van der Waals surface area contributed by atoms with E-state index in [0.29, 0.717) is 0 Å². The molecule has 2 aromatic rings. The molecule has 4 nitrogen and oxygen atoms in total. The first kappa shape index (κ1) is 17.0. The van der Waals surface area contributed by atoms with Crippen molar-refractivity contribution in [2.45, 2.75) is 26.9 Å². The lowest BCUT2D eigenvalue weighted by Crippen LogP contribution is -2.38. The van der Waals surface area contributed by atoms with E-state index in [-0.39, 0.29) is 0 Å². The van der Waals surface area contributed by atoms with E-state index in [2.05, 4.69) is 66.6 Å². The Balaban J connectivity index is 1.97. The molecule has 0 aliphatic heterocycles. The Hall–Kier alpha value is -1.40. The van der Waals surface area contributed by atoms with Gasteiger partial charge in [-0.1, -0.05) is 22.0 Å². The maximum atomic E-state index is 4.50. The minimum Gasteiger partial charge on any atom is -0.352 e. The summed E-state index contributed by atoms with van der Waals surface area (Å²) in [4.78, 5) is 10.9. The lowest BCUT2D eigenvalue weighted by Gasteiger charge is -2.21. The van der Waals surface area contributed by atoms with E-state index in [9.17, 15) is 0 Å². The minimum atomic E-state index is 0.753. The molecule has 118 valence electrons. The zero-order valence-corrected chi connectivity index (χ0v) is 15.8. The van der Waals surface area contributed by atoms with Crippen molar-refractivity contribution >= 4 is 33.2 Å². The van der Waals surface area contributed by atoms with Gasteiger partial charge in [0, 0.05) is 30.5 Å². The Kier molecular flexibility index (Phi) is 5.97. The number of benzene rings is 1. The van der Waals surface area contributed by atoms with E-state index >= 15 is 0 Å². The fourth-order valence-electron chi connectivity index (χ4n) is 2.22. The predicted octanol–water partition coefficient (Wildman–Crippen LogP) is 3.73. The molecular formula is C16H21BrN4S. The second-order valence-electron chi connectivity index (χ2n) is 5.19. The number of aliphatic imine (C=N–C) groups is 1. The summed E-state index contributed by atoms with van der Waals surface area (Å²) in [5, 5.41) is 6.60. The third-order valence-electron chi connectivity index (χ3n) is 3.38. The maximum absolute atomic E-state index is 4.50. The molecule has 0 saturated heterocycles. The van der Waals surface area contributed by atoms with Crippen molar-refractivity contribution in [1.82, 2.24) is 15.2 Å². The zero-order valence-electron chi connectivity index (χ0n) is 13.4. The third-order valence-corrected chi connectivity index (χ3v) is 4.70. The van der Waals surface area contributed by atoms with Gasteiger partial charge in [-0.15, -0.1) is 11.3 Å². The van der Waals surface area contributed by atoms with Gasteiger partial charge in [0.15, 0.2) is 5.96 Å². The molecule has 6 heteroatoms. The van der Waals surface area contributed by atoms with E-state index < -0.39 is 0 Å². The van der Waals surface area contributed by atoms with Crippen LogP contribution in [0.15, 0.2) is 33.0 Å². The van der Waals surface area contributed by atoms with Crippen molar-refractivity contribution < 1.29 is 0 Å². The van der Waals surface area contributed by atoms with Crippen LogP contribution in [0.4, 0.5) is 0 Å².